The quantitative estimate of drug-likeness (QED) is 0.915. The Labute approximate surface area is 135 Å². The van der Waals surface area contributed by atoms with Gasteiger partial charge in [-0.15, -0.1) is 12.4 Å². The first-order valence-electron chi connectivity index (χ1n) is 7.14. The van der Waals surface area contributed by atoms with Gasteiger partial charge in [-0.2, -0.15) is 0 Å². The van der Waals surface area contributed by atoms with Crippen molar-refractivity contribution in [2.24, 2.45) is 7.05 Å². The van der Waals surface area contributed by atoms with Gasteiger partial charge in [-0.1, -0.05) is 0 Å². The molecule has 0 bridgehead atoms. The molecule has 0 saturated carbocycles. The first-order chi connectivity index (χ1) is 10.1. The van der Waals surface area contributed by atoms with Gasteiger partial charge in [0.2, 0.25) is 0 Å². The fourth-order valence-corrected chi connectivity index (χ4v) is 2.86. The molecule has 1 aliphatic rings. The van der Waals surface area contributed by atoms with Crippen LogP contribution < -0.4 is 5.32 Å². The Balaban J connectivity index is 0.00000176. The summed E-state index contributed by atoms with van der Waals surface area (Å²) < 4.78 is 7.54. The molecule has 0 aromatic carbocycles. The van der Waals surface area contributed by atoms with Crippen LogP contribution in [-0.4, -0.2) is 40.0 Å². The summed E-state index contributed by atoms with van der Waals surface area (Å²) in [4.78, 5) is 19.1. The van der Waals surface area contributed by atoms with Crippen LogP contribution in [0.5, 0.6) is 0 Å². The van der Waals surface area contributed by atoms with E-state index >= 15 is 0 Å². The molecule has 1 saturated heterocycles. The molecule has 2 aromatic heterocycles. The minimum absolute atomic E-state index is 0. The van der Waals surface area contributed by atoms with Crippen LogP contribution in [0.4, 0.5) is 0 Å². The van der Waals surface area contributed by atoms with Gasteiger partial charge < -0.3 is 19.2 Å². The third-order valence-electron chi connectivity index (χ3n) is 3.90. The molecule has 1 N–H and O–H groups in total. The van der Waals surface area contributed by atoms with Crippen molar-refractivity contribution < 1.29 is 9.21 Å². The molecule has 2 aromatic rings. The molecule has 22 heavy (non-hydrogen) atoms. The fraction of sp³-hybridized carbons (Fsp3) is 0.467. The maximum atomic E-state index is 12.8. The van der Waals surface area contributed by atoms with E-state index in [4.69, 9.17) is 4.42 Å². The third kappa shape index (κ3) is 2.89. The van der Waals surface area contributed by atoms with Gasteiger partial charge in [-0.25, -0.2) is 4.98 Å². The number of halogens is 1. The molecule has 0 radical (unpaired) electrons. The molecule has 3 rings (SSSR count). The molecule has 7 heteroatoms. The molecule has 1 atom stereocenters. The predicted octanol–water partition coefficient (Wildman–Crippen LogP) is 1.84. The summed E-state index contributed by atoms with van der Waals surface area (Å²) in [5.41, 5.74) is 0.884. The molecule has 1 unspecified atom stereocenters. The number of furan rings is 1. The van der Waals surface area contributed by atoms with E-state index in [9.17, 15) is 4.79 Å². The van der Waals surface area contributed by atoms with Gasteiger partial charge >= 0.3 is 0 Å². The third-order valence-corrected chi connectivity index (χ3v) is 3.90. The molecule has 0 aliphatic carbocycles. The van der Waals surface area contributed by atoms with Crippen molar-refractivity contribution in [3.05, 3.63) is 41.4 Å². The van der Waals surface area contributed by atoms with Crippen molar-refractivity contribution in [2.45, 2.75) is 19.9 Å². The summed E-state index contributed by atoms with van der Waals surface area (Å²) in [5.74, 6) is 2.03. The Morgan fingerprint density at radius 1 is 1.45 bits per heavy atom. The molecule has 1 fully saturated rings. The second-order valence-corrected chi connectivity index (χ2v) is 5.48. The second kappa shape index (κ2) is 6.54. The van der Waals surface area contributed by atoms with E-state index < -0.39 is 0 Å². The van der Waals surface area contributed by atoms with Crippen molar-refractivity contribution in [2.75, 3.05) is 19.6 Å². The van der Waals surface area contributed by atoms with Gasteiger partial charge in [0, 0.05) is 44.6 Å². The number of amides is 1. The maximum absolute atomic E-state index is 12.8. The molecule has 6 nitrogen and oxygen atoms in total. The number of nitrogens with zero attached hydrogens (tertiary/aromatic N) is 3. The molecule has 1 amide bonds. The van der Waals surface area contributed by atoms with Crippen LogP contribution >= 0.6 is 12.4 Å². The van der Waals surface area contributed by atoms with E-state index in [1.807, 2.05) is 42.6 Å². The number of hydrogen-bond acceptors (Lipinski definition) is 4. The minimum Gasteiger partial charge on any atom is -0.456 e. The summed E-state index contributed by atoms with van der Waals surface area (Å²) in [6.45, 7) is 5.90. The van der Waals surface area contributed by atoms with E-state index in [1.54, 1.807) is 6.20 Å². The highest BCUT2D eigenvalue weighted by Crippen LogP contribution is 2.25. The van der Waals surface area contributed by atoms with Gasteiger partial charge in [0.15, 0.2) is 5.76 Å². The number of piperazine rings is 1. The lowest BCUT2D eigenvalue weighted by molar-refractivity contribution is 0.0586. The van der Waals surface area contributed by atoms with Crippen LogP contribution in [0.2, 0.25) is 0 Å². The number of rotatable bonds is 2. The highest BCUT2D eigenvalue weighted by molar-refractivity contribution is 5.93. The summed E-state index contributed by atoms with van der Waals surface area (Å²) in [7, 11) is 1.95. The summed E-state index contributed by atoms with van der Waals surface area (Å²) in [5, 5.41) is 3.33. The molecule has 3 heterocycles. The number of aryl methyl sites for hydroxylation is 3. The van der Waals surface area contributed by atoms with Gasteiger partial charge in [0.05, 0.1) is 0 Å². The smallest absolute Gasteiger partial charge is 0.290 e. The summed E-state index contributed by atoms with van der Waals surface area (Å²) in [6.07, 6.45) is 3.66. The van der Waals surface area contributed by atoms with Gasteiger partial charge in [0.25, 0.3) is 5.91 Å². The largest absolute Gasteiger partial charge is 0.456 e. The lowest BCUT2D eigenvalue weighted by atomic mass is 10.1. The molecular weight excluding hydrogens is 304 g/mol. The first kappa shape index (κ1) is 16.6. The minimum atomic E-state index is -0.0731. The van der Waals surface area contributed by atoms with Crippen LogP contribution in [0.1, 0.15) is 33.7 Å². The zero-order valence-electron chi connectivity index (χ0n) is 13.0. The number of aromatic nitrogens is 2. The van der Waals surface area contributed by atoms with Crippen molar-refractivity contribution >= 4 is 18.3 Å². The SMILES string of the molecule is Cc1cc(C)c(C(=O)N2CCNCC2c2nccn2C)o1.Cl. The Hall–Kier alpha value is -1.79. The number of carbonyl (C=O) groups is 1. The van der Waals surface area contributed by atoms with Crippen molar-refractivity contribution in [3.63, 3.8) is 0 Å². The Morgan fingerprint density at radius 3 is 2.82 bits per heavy atom. The standard InChI is InChI=1S/C15H20N4O2.ClH/c1-10-8-11(2)21-13(10)15(20)19-7-4-16-9-12(19)14-17-5-6-18(14)3;/h5-6,8,12,16H,4,7,9H2,1-3H3;1H. The Kier molecular flexibility index (Phi) is 4.93. The van der Waals surface area contributed by atoms with Crippen molar-refractivity contribution in [1.29, 1.82) is 0 Å². The second-order valence-electron chi connectivity index (χ2n) is 5.48. The number of carbonyl (C=O) groups excluding carboxylic acids is 1. The fourth-order valence-electron chi connectivity index (χ4n) is 2.86. The topological polar surface area (TPSA) is 63.3 Å². The van der Waals surface area contributed by atoms with Crippen LogP contribution in [0.25, 0.3) is 0 Å². The van der Waals surface area contributed by atoms with Crippen molar-refractivity contribution in [3.8, 4) is 0 Å². The highest BCUT2D eigenvalue weighted by Gasteiger charge is 2.33. The number of nitrogens with one attached hydrogen (secondary N) is 1. The number of hydrogen-bond donors (Lipinski definition) is 1. The van der Waals surface area contributed by atoms with Crippen LogP contribution in [-0.2, 0) is 7.05 Å². The number of imidazole rings is 1. The first-order valence-corrected chi connectivity index (χ1v) is 7.14. The summed E-state index contributed by atoms with van der Waals surface area (Å²) >= 11 is 0. The highest BCUT2D eigenvalue weighted by atomic mass is 35.5. The zero-order valence-corrected chi connectivity index (χ0v) is 13.8. The predicted molar refractivity (Wildman–Crippen MR) is 85.3 cm³/mol. The van der Waals surface area contributed by atoms with E-state index in [0.717, 1.165) is 23.7 Å². The lowest BCUT2D eigenvalue weighted by Crippen LogP contribution is -2.49. The van der Waals surface area contributed by atoms with Gasteiger partial charge in [0.1, 0.15) is 17.6 Å². The zero-order chi connectivity index (χ0) is 15.0. The van der Waals surface area contributed by atoms with E-state index in [1.165, 1.54) is 0 Å². The maximum Gasteiger partial charge on any atom is 0.290 e. The van der Waals surface area contributed by atoms with E-state index in [2.05, 4.69) is 10.3 Å². The Bertz CT molecular complexity index is 664. The average Bonchev–Trinajstić information content (AvgIpc) is 3.03. The molecule has 0 spiro atoms. The lowest BCUT2D eigenvalue weighted by Gasteiger charge is -2.35. The Morgan fingerprint density at radius 2 is 2.23 bits per heavy atom. The van der Waals surface area contributed by atoms with E-state index in [0.29, 0.717) is 18.8 Å². The van der Waals surface area contributed by atoms with Crippen LogP contribution in [0.3, 0.4) is 0 Å². The molecular formula is C15H21ClN4O2. The monoisotopic (exact) mass is 324 g/mol. The normalized spacial score (nSPS) is 18.1. The summed E-state index contributed by atoms with van der Waals surface area (Å²) in [6, 6.07) is 1.82. The van der Waals surface area contributed by atoms with Gasteiger partial charge in [-0.3, -0.25) is 4.79 Å². The van der Waals surface area contributed by atoms with Gasteiger partial charge in [-0.05, 0) is 19.9 Å². The van der Waals surface area contributed by atoms with E-state index in [-0.39, 0.29) is 24.4 Å². The van der Waals surface area contributed by atoms with Crippen LogP contribution in [0.15, 0.2) is 22.9 Å². The van der Waals surface area contributed by atoms with Crippen molar-refractivity contribution in [1.82, 2.24) is 19.8 Å². The van der Waals surface area contributed by atoms with Crippen LogP contribution in [0, 0.1) is 13.8 Å². The average molecular weight is 325 g/mol. The molecule has 120 valence electrons. The molecule has 1 aliphatic heterocycles.